The Morgan fingerprint density at radius 1 is 1.32 bits per heavy atom. The molecular weight excluding hydrogens is 287 g/mol. The number of aliphatic hydroxyl groups excluding tert-OH is 1. The predicted molar refractivity (Wildman–Crippen MR) is 81.5 cm³/mol. The van der Waals surface area contributed by atoms with Gasteiger partial charge >= 0.3 is 0 Å². The first-order chi connectivity index (χ1) is 10.7. The van der Waals surface area contributed by atoms with Crippen molar-refractivity contribution in [2.45, 2.75) is 50.9 Å². The molecule has 1 aliphatic carbocycles. The molecule has 1 saturated carbocycles. The third-order valence-electron chi connectivity index (χ3n) is 3.96. The SMILES string of the molecule is CCCCOC1CC(OC(CO)c2cc(F)ccc2OC)C1. The van der Waals surface area contributed by atoms with Gasteiger partial charge in [0.2, 0.25) is 0 Å². The van der Waals surface area contributed by atoms with E-state index in [1.165, 1.54) is 19.2 Å². The zero-order valence-corrected chi connectivity index (χ0v) is 13.3. The maximum Gasteiger partial charge on any atom is 0.124 e. The lowest BCUT2D eigenvalue weighted by molar-refractivity contribution is -0.136. The molecule has 2 rings (SSSR count). The largest absolute Gasteiger partial charge is 0.496 e. The van der Waals surface area contributed by atoms with Gasteiger partial charge in [-0.1, -0.05) is 13.3 Å². The van der Waals surface area contributed by atoms with Gasteiger partial charge in [0.05, 0.1) is 25.9 Å². The van der Waals surface area contributed by atoms with Crippen LogP contribution in [0.1, 0.15) is 44.3 Å². The molecule has 0 saturated heterocycles. The summed E-state index contributed by atoms with van der Waals surface area (Å²) in [4.78, 5) is 0. The standard InChI is InChI=1S/C17H25FO4/c1-3-4-7-21-13-9-14(10-13)22-17(11-19)15-8-12(18)5-6-16(15)20-2/h5-6,8,13-14,17,19H,3-4,7,9-11H2,1-2H3. The first kappa shape index (κ1) is 17.2. The van der Waals surface area contributed by atoms with Gasteiger partial charge in [0.15, 0.2) is 0 Å². The minimum atomic E-state index is -0.577. The van der Waals surface area contributed by atoms with E-state index in [9.17, 15) is 9.50 Å². The molecule has 1 aliphatic rings. The van der Waals surface area contributed by atoms with Crippen LogP contribution in [0.25, 0.3) is 0 Å². The topological polar surface area (TPSA) is 47.9 Å². The number of hydrogen-bond donors (Lipinski definition) is 1. The molecule has 1 atom stereocenters. The highest BCUT2D eigenvalue weighted by Crippen LogP contribution is 2.34. The van der Waals surface area contributed by atoms with Crippen LogP contribution in [0, 0.1) is 5.82 Å². The highest BCUT2D eigenvalue weighted by molar-refractivity contribution is 5.36. The van der Waals surface area contributed by atoms with Gasteiger partial charge in [-0.05, 0) is 37.5 Å². The third-order valence-corrected chi connectivity index (χ3v) is 3.96. The van der Waals surface area contributed by atoms with Crippen molar-refractivity contribution in [1.29, 1.82) is 0 Å². The fourth-order valence-electron chi connectivity index (χ4n) is 2.56. The van der Waals surface area contributed by atoms with Gasteiger partial charge in [0.25, 0.3) is 0 Å². The van der Waals surface area contributed by atoms with E-state index in [1.54, 1.807) is 6.07 Å². The second kappa shape index (κ2) is 8.46. The Hall–Kier alpha value is -1.17. The lowest BCUT2D eigenvalue weighted by atomic mass is 9.91. The van der Waals surface area contributed by atoms with Crippen molar-refractivity contribution >= 4 is 0 Å². The first-order valence-electron chi connectivity index (χ1n) is 7.89. The van der Waals surface area contributed by atoms with Gasteiger partial charge in [-0.15, -0.1) is 0 Å². The van der Waals surface area contributed by atoms with Gasteiger partial charge in [-0.3, -0.25) is 0 Å². The van der Waals surface area contributed by atoms with Gasteiger partial charge in [0, 0.05) is 12.2 Å². The fraction of sp³-hybridized carbons (Fsp3) is 0.647. The smallest absolute Gasteiger partial charge is 0.124 e. The van der Waals surface area contributed by atoms with Crippen LogP contribution in [0.4, 0.5) is 4.39 Å². The van der Waals surface area contributed by atoms with E-state index >= 15 is 0 Å². The summed E-state index contributed by atoms with van der Waals surface area (Å²) in [7, 11) is 1.52. The number of aliphatic hydroxyl groups is 1. The Labute approximate surface area is 131 Å². The molecule has 0 spiro atoms. The monoisotopic (exact) mass is 312 g/mol. The molecule has 0 amide bonds. The molecule has 1 N–H and O–H groups in total. The minimum absolute atomic E-state index is 0.0387. The molecule has 1 unspecified atom stereocenters. The summed E-state index contributed by atoms with van der Waals surface area (Å²) in [6, 6.07) is 4.24. The number of methoxy groups -OCH3 is 1. The maximum absolute atomic E-state index is 13.4. The highest BCUT2D eigenvalue weighted by Gasteiger charge is 2.33. The number of halogens is 1. The summed E-state index contributed by atoms with van der Waals surface area (Å²) in [6.07, 6.45) is 3.53. The van der Waals surface area contributed by atoms with E-state index in [0.717, 1.165) is 32.3 Å². The summed E-state index contributed by atoms with van der Waals surface area (Å²) < 4.78 is 30.2. The Bertz CT molecular complexity index is 460. The van der Waals surface area contributed by atoms with E-state index in [0.29, 0.717) is 11.3 Å². The van der Waals surface area contributed by atoms with Gasteiger partial charge in [-0.25, -0.2) is 4.39 Å². The van der Waals surface area contributed by atoms with Gasteiger partial charge in [0.1, 0.15) is 17.7 Å². The highest BCUT2D eigenvalue weighted by atomic mass is 19.1. The Morgan fingerprint density at radius 2 is 2.09 bits per heavy atom. The van der Waals surface area contributed by atoms with Crippen LogP contribution in [0.2, 0.25) is 0 Å². The molecule has 22 heavy (non-hydrogen) atoms. The second-order valence-electron chi connectivity index (χ2n) is 5.63. The van der Waals surface area contributed by atoms with Crippen molar-refractivity contribution in [1.82, 2.24) is 0 Å². The van der Waals surface area contributed by atoms with Gasteiger partial charge in [-0.2, -0.15) is 0 Å². The number of benzene rings is 1. The third kappa shape index (κ3) is 4.41. The molecule has 0 heterocycles. The van der Waals surface area contributed by atoms with Crippen molar-refractivity contribution in [2.75, 3.05) is 20.3 Å². The van der Waals surface area contributed by atoms with Crippen LogP contribution in [-0.4, -0.2) is 37.6 Å². The van der Waals surface area contributed by atoms with Crippen molar-refractivity contribution in [3.63, 3.8) is 0 Å². The average Bonchev–Trinajstić information content (AvgIpc) is 2.49. The molecule has 0 aromatic heterocycles. The lowest BCUT2D eigenvalue weighted by Gasteiger charge is -2.37. The van der Waals surface area contributed by atoms with Crippen LogP contribution in [0.15, 0.2) is 18.2 Å². The van der Waals surface area contributed by atoms with Crippen LogP contribution in [-0.2, 0) is 9.47 Å². The molecule has 1 fully saturated rings. The molecule has 0 bridgehead atoms. The van der Waals surface area contributed by atoms with Gasteiger partial charge < -0.3 is 19.3 Å². The van der Waals surface area contributed by atoms with Crippen molar-refractivity contribution in [2.24, 2.45) is 0 Å². The molecule has 0 aliphatic heterocycles. The minimum Gasteiger partial charge on any atom is -0.496 e. The normalized spacial score (nSPS) is 22.2. The van der Waals surface area contributed by atoms with Crippen LogP contribution in [0.5, 0.6) is 5.75 Å². The predicted octanol–water partition coefficient (Wildman–Crippen LogP) is 3.23. The second-order valence-corrected chi connectivity index (χ2v) is 5.63. The van der Waals surface area contributed by atoms with Crippen molar-refractivity contribution in [3.8, 4) is 5.75 Å². The molecular formula is C17H25FO4. The Morgan fingerprint density at radius 3 is 2.73 bits per heavy atom. The van der Waals surface area contributed by atoms with E-state index in [1.807, 2.05) is 0 Å². The van der Waals surface area contributed by atoms with Crippen molar-refractivity contribution < 1.29 is 23.7 Å². The quantitative estimate of drug-likeness (QED) is 0.711. The van der Waals surface area contributed by atoms with Crippen molar-refractivity contribution in [3.05, 3.63) is 29.6 Å². The molecule has 4 nitrogen and oxygen atoms in total. The van der Waals surface area contributed by atoms with E-state index in [2.05, 4.69) is 6.92 Å². The number of hydrogen-bond acceptors (Lipinski definition) is 4. The summed E-state index contributed by atoms with van der Waals surface area (Å²) >= 11 is 0. The lowest BCUT2D eigenvalue weighted by Crippen LogP contribution is -2.39. The summed E-state index contributed by atoms with van der Waals surface area (Å²) in [5, 5.41) is 9.56. The molecule has 0 radical (unpaired) electrons. The average molecular weight is 312 g/mol. The molecule has 124 valence electrons. The first-order valence-corrected chi connectivity index (χ1v) is 7.89. The number of ether oxygens (including phenoxy) is 3. The maximum atomic E-state index is 13.4. The van der Waals surface area contributed by atoms with Crippen LogP contribution in [0.3, 0.4) is 0 Å². The zero-order valence-electron chi connectivity index (χ0n) is 13.3. The molecule has 1 aromatic rings. The van der Waals surface area contributed by atoms with E-state index in [-0.39, 0.29) is 24.6 Å². The Kier molecular flexibility index (Phi) is 6.61. The Balaban J connectivity index is 1.87. The summed E-state index contributed by atoms with van der Waals surface area (Å²) in [5.41, 5.74) is 0.542. The van der Waals surface area contributed by atoms with Crippen LogP contribution >= 0.6 is 0 Å². The number of rotatable bonds is 9. The molecule has 5 heteroatoms. The zero-order chi connectivity index (χ0) is 15.9. The van der Waals surface area contributed by atoms with Crippen LogP contribution < -0.4 is 4.74 Å². The summed E-state index contributed by atoms with van der Waals surface area (Å²) in [6.45, 7) is 2.71. The molecule has 1 aromatic carbocycles. The number of unbranched alkanes of at least 4 members (excludes halogenated alkanes) is 1. The van der Waals surface area contributed by atoms with E-state index < -0.39 is 6.10 Å². The fourth-order valence-corrected chi connectivity index (χ4v) is 2.56. The van der Waals surface area contributed by atoms with E-state index in [4.69, 9.17) is 14.2 Å². The summed E-state index contributed by atoms with van der Waals surface area (Å²) in [5.74, 6) is 0.155.